The van der Waals surface area contributed by atoms with E-state index in [4.69, 9.17) is 10.5 Å². The molecule has 6 rings (SSSR count). The molecular weight excluding hydrogens is 424 g/mol. The van der Waals surface area contributed by atoms with Gasteiger partial charge in [0.2, 0.25) is 0 Å². The molecule has 0 saturated carbocycles. The summed E-state index contributed by atoms with van der Waals surface area (Å²) in [7, 11) is 1.75. The van der Waals surface area contributed by atoms with Gasteiger partial charge in [-0.25, -0.2) is 0 Å². The van der Waals surface area contributed by atoms with Crippen LogP contribution in [0.4, 0.5) is 5.69 Å². The summed E-state index contributed by atoms with van der Waals surface area (Å²) >= 11 is 0. The molecule has 3 aliphatic heterocycles. The average molecular weight is 455 g/mol. The monoisotopic (exact) mass is 454 g/mol. The second-order valence-electron chi connectivity index (χ2n) is 9.77. The molecule has 1 aromatic heterocycles. The van der Waals surface area contributed by atoms with Gasteiger partial charge in [0.05, 0.1) is 29.8 Å². The van der Waals surface area contributed by atoms with Crippen LogP contribution >= 0.6 is 0 Å². The zero-order chi connectivity index (χ0) is 23.4. The molecule has 174 valence electrons. The molecule has 7 nitrogen and oxygen atoms in total. The summed E-state index contributed by atoms with van der Waals surface area (Å²) in [6.07, 6.45) is 7.53. The van der Waals surface area contributed by atoms with Crippen molar-refractivity contribution in [2.45, 2.75) is 31.5 Å². The summed E-state index contributed by atoms with van der Waals surface area (Å²) in [5.41, 5.74) is 14.4. The number of fused-ring (bicyclic) bond motifs is 3. The summed E-state index contributed by atoms with van der Waals surface area (Å²) in [6.45, 7) is 6.79. The van der Waals surface area contributed by atoms with Gasteiger partial charge < -0.3 is 25.2 Å². The predicted octanol–water partition coefficient (Wildman–Crippen LogP) is 2.76. The topological polar surface area (TPSA) is 81.7 Å². The number of aromatic nitrogens is 1. The van der Waals surface area contributed by atoms with Gasteiger partial charge in [-0.05, 0) is 54.8 Å². The van der Waals surface area contributed by atoms with Crippen LogP contribution in [0.2, 0.25) is 0 Å². The first-order valence-electron chi connectivity index (χ1n) is 12.0. The molecular formula is C27H30N6O. The Morgan fingerprint density at radius 3 is 2.82 bits per heavy atom. The van der Waals surface area contributed by atoms with E-state index in [0.29, 0.717) is 11.6 Å². The Kier molecular flexibility index (Phi) is 5.09. The Hall–Kier alpha value is -3.34. The van der Waals surface area contributed by atoms with Crippen molar-refractivity contribution < 1.29 is 4.74 Å². The van der Waals surface area contributed by atoms with Crippen LogP contribution in [0.3, 0.4) is 0 Å². The van der Waals surface area contributed by atoms with E-state index >= 15 is 0 Å². The third-order valence-corrected chi connectivity index (χ3v) is 7.80. The number of piperazine rings is 1. The Morgan fingerprint density at radius 1 is 1.15 bits per heavy atom. The third kappa shape index (κ3) is 3.29. The summed E-state index contributed by atoms with van der Waals surface area (Å²) in [4.78, 5) is 11.9. The minimum atomic E-state index is 0.0595. The molecule has 0 unspecified atom stereocenters. The molecule has 0 spiro atoms. The van der Waals surface area contributed by atoms with E-state index in [1.165, 1.54) is 22.5 Å². The van der Waals surface area contributed by atoms with Crippen molar-refractivity contribution in [3.63, 3.8) is 0 Å². The quantitative estimate of drug-likeness (QED) is 0.764. The fourth-order valence-corrected chi connectivity index (χ4v) is 6.02. The maximum absolute atomic E-state index is 9.53. The number of hydrogen-bond donors (Lipinski definition) is 1. The van der Waals surface area contributed by atoms with E-state index in [2.05, 4.69) is 57.0 Å². The molecule has 1 aliphatic carbocycles. The maximum atomic E-state index is 9.53. The van der Waals surface area contributed by atoms with Gasteiger partial charge in [-0.15, -0.1) is 0 Å². The lowest BCUT2D eigenvalue weighted by atomic mass is 9.96. The van der Waals surface area contributed by atoms with E-state index in [1.54, 1.807) is 13.3 Å². The van der Waals surface area contributed by atoms with E-state index in [9.17, 15) is 5.26 Å². The van der Waals surface area contributed by atoms with Crippen molar-refractivity contribution in [1.82, 2.24) is 14.8 Å². The van der Waals surface area contributed by atoms with Gasteiger partial charge in [0, 0.05) is 68.0 Å². The molecule has 2 aromatic rings. The van der Waals surface area contributed by atoms with Gasteiger partial charge in [-0.2, -0.15) is 5.26 Å². The summed E-state index contributed by atoms with van der Waals surface area (Å²) < 4.78 is 5.56. The smallest absolute Gasteiger partial charge is 0.101 e. The Morgan fingerprint density at radius 2 is 2.03 bits per heavy atom. The Balaban J connectivity index is 1.31. The SMILES string of the molecule is CO[C@@H]1CN(C2=CCC3=C4CN(c5ccc(C#N)c6ncccc56)C[C@@H](C)N4CC3=C2)C[C@H]1N. The minimum absolute atomic E-state index is 0.0595. The van der Waals surface area contributed by atoms with Crippen molar-refractivity contribution in [3.8, 4) is 6.07 Å². The molecule has 34 heavy (non-hydrogen) atoms. The predicted molar refractivity (Wildman–Crippen MR) is 133 cm³/mol. The second kappa shape index (κ2) is 8.15. The highest BCUT2D eigenvalue weighted by molar-refractivity contribution is 5.95. The first kappa shape index (κ1) is 21.2. The van der Waals surface area contributed by atoms with E-state index in [0.717, 1.165) is 55.7 Å². The second-order valence-corrected chi connectivity index (χ2v) is 9.77. The molecule has 4 aliphatic rings. The lowest BCUT2D eigenvalue weighted by Gasteiger charge is -2.42. The first-order chi connectivity index (χ1) is 16.6. The van der Waals surface area contributed by atoms with Gasteiger partial charge in [-0.1, -0.05) is 6.08 Å². The van der Waals surface area contributed by atoms with Crippen LogP contribution in [0.15, 0.2) is 65.2 Å². The maximum Gasteiger partial charge on any atom is 0.101 e. The molecule has 4 heterocycles. The number of hydrogen-bond acceptors (Lipinski definition) is 7. The molecule has 2 saturated heterocycles. The van der Waals surface area contributed by atoms with E-state index < -0.39 is 0 Å². The molecule has 7 heteroatoms. The summed E-state index contributed by atoms with van der Waals surface area (Å²) in [5, 5.41) is 10.6. The number of allylic oxidation sites excluding steroid dienone is 2. The van der Waals surface area contributed by atoms with Crippen LogP contribution in [0, 0.1) is 11.3 Å². The number of nitrogens with zero attached hydrogens (tertiary/aromatic N) is 5. The van der Waals surface area contributed by atoms with E-state index in [-0.39, 0.29) is 12.1 Å². The largest absolute Gasteiger partial charge is 0.378 e. The fraction of sp³-hybridized carbons (Fsp3) is 0.407. The van der Waals surface area contributed by atoms with Crippen LogP contribution in [-0.4, -0.2) is 72.8 Å². The highest BCUT2D eigenvalue weighted by atomic mass is 16.5. The lowest BCUT2D eigenvalue weighted by Crippen LogP contribution is -2.49. The van der Waals surface area contributed by atoms with Crippen molar-refractivity contribution in [1.29, 1.82) is 5.26 Å². The molecule has 0 amide bonds. The number of benzene rings is 1. The fourth-order valence-electron chi connectivity index (χ4n) is 6.02. The number of nitriles is 1. The third-order valence-electron chi connectivity index (χ3n) is 7.80. The zero-order valence-corrected chi connectivity index (χ0v) is 19.7. The van der Waals surface area contributed by atoms with Gasteiger partial charge in [0.25, 0.3) is 0 Å². The number of rotatable bonds is 3. The minimum Gasteiger partial charge on any atom is -0.378 e. The Labute approximate surface area is 200 Å². The zero-order valence-electron chi connectivity index (χ0n) is 19.7. The highest BCUT2D eigenvalue weighted by Crippen LogP contribution is 2.41. The molecule has 2 fully saturated rings. The van der Waals surface area contributed by atoms with E-state index in [1.807, 2.05) is 12.1 Å². The highest BCUT2D eigenvalue weighted by Gasteiger charge is 2.38. The number of pyridine rings is 1. The molecule has 2 N–H and O–H groups in total. The summed E-state index contributed by atoms with van der Waals surface area (Å²) in [6, 6.07) is 10.8. The van der Waals surface area contributed by atoms with Crippen LogP contribution in [-0.2, 0) is 4.74 Å². The molecule has 1 aromatic carbocycles. The number of nitrogens with two attached hydrogens (primary N) is 1. The van der Waals surface area contributed by atoms with Crippen LogP contribution in [0.1, 0.15) is 18.9 Å². The van der Waals surface area contributed by atoms with Gasteiger partial charge in [0.15, 0.2) is 0 Å². The number of likely N-dealkylation sites (tertiary alicyclic amines) is 1. The van der Waals surface area contributed by atoms with Crippen molar-refractivity contribution >= 4 is 16.6 Å². The van der Waals surface area contributed by atoms with Crippen LogP contribution < -0.4 is 10.6 Å². The van der Waals surface area contributed by atoms with Crippen molar-refractivity contribution in [2.75, 3.05) is 44.7 Å². The first-order valence-corrected chi connectivity index (χ1v) is 12.0. The van der Waals surface area contributed by atoms with Crippen LogP contribution in [0.25, 0.3) is 10.9 Å². The molecule has 3 atom stereocenters. The van der Waals surface area contributed by atoms with Gasteiger partial charge >= 0.3 is 0 Å². The molecule has 0 bridgehead atoms. The summed E-state index contributed by atoms with van der Waals surface area (Å²) in [5.74, 6) is 0. The Bertz CT molecular complexity index is 1290. The lowest BCUT2D eigenvalue weighted by molar-refractivity contribution is 0.101. The normalized spacial score (nSPS) is 26.4. The van der Waals surface area contributed by atoms with Gasteiger partial charge in [0.1, 0.15) is 6.07 Å². The number of methoxy groups -OCH3 is 1. The van der Waals surface area contributed by atoms with Gasteiger partial charge in [-0.3, -0.25) is 4.98 Å². The van der Waals surface area contributed by atoms with Crippen LogP contribution in [0.5, 0.6) is 0 Å². The standard InChI is InChI=1S/C27H30N6O/c1-17-12-32(24-8-5-18(11-28)27-22(24)4-3-9-30-27)15-25-21-7-6-20(10-19(21)13-33(17)25)31-14-23(29)26(16-31)34-2/h3-6,8-10,17,23,26H,7,12-16,29H2,1-2H3/t17-,23-,26-/m1/s1. The number of anilines is 1. The van der Waals surface area contributed by atoms with Crippen molar-refractivity contribution in [3.05, 3.63) is 70.7 Å². The number of ether oxygens (including phenoxy) is 1. The average Bonchev–Trinajstić information content (AvgIpc) is 3.43. The van der Waals surface area contributed by atoms with Crippen molar-refractivity contribution in [2.24, 2.45) is 5.73 Å². The molecule has 0 radical (unpaired) electrons.